The number of carbonyl (C=O) groups is 1. The van der Waals surface area contributed by atoms with Crippen molar-refractivity contribution in [2.75, 3.05) is 0 Å². The van der Waals surface area contributed by atoms with Gasteiger partial charge in [0.1, 0.15) is 0 Å². The molecule has 21 heavy (non-hydrogen) atoms. The monoisotopic (exact) mass is 287 g/mol. The average molecular weight is 287 g/mol. The predicted molar refractivity (Wildman–Crippen MR) is 86.3 cm³/mol. The molecular formula is C17H25N3O. The lowest BCUT2D eigenvalue weighted by molar-refractivity contribution is 0.100. The van der Waals surface area contributed by atoms with E-state index in [0.717, 1.165) is 23.7 Å². The van der Waals surface area contributed by atoms with Crippen LogP contribution in [0.4, 0.5) is 0 Å². The number of hydrogen-bond donors (Lipinski definition) is 1. The van der Waals surface area contributed by atoms with E-state index in [2.05, 4.69) is 23.6 Å². The normalized spacial score (nSPS) is 12.7. The van der Waals surface area contributed by atoms with Crippen molar-refractivity contribution < 1.29 is 4.79 Å². The van der Waals surface area contributed by atoms with Gasteiger partial charge in [-0.3, -0.25) is 9.48 Å². The molecule has 0 saturated carbocycles. The molecule has 1 atom stereocenters. The molecule has 2 aromatic rings. The van der Waals surface area contributed by atoms with Crippen LogP contribution in [-0.2, 0) is 0 Å². The van der Waals surface area contributed by atoms with Gasteiger partial charge in [0, 0.05) is 17.1 Å². The second-order valence-corrected chi connectivity index (χ2v) is 5.66. The van der Waals surface area contributed by atoms with Gasteiger partial charge in [0.2, 0.25) is 5.91 Å². The Morgan fingerprint density at radius 3 is 2.76 bits per heavy atom. The molecule has 0 fully saturated rings. The Morgan fingerprint density at radius 2 is 2.10 bits per heavy atom. The van der Waals surface area contributed by atoms with Gasteiger partial charge in [-0.25, -0.2) is 0 Å². The van der Waals surface area contributed by atoms with Gasteiger partial charge in [0.15, 0.2) is 0 Å². The number of fused-ring (bicyclic) bond motifs is 1. The summed E-state index contributed by atoms with van der Waals surface area (Å²) in [7, 11) is 0. The zero-order chi connectivity index (χ0) is 15.2. The fourth-order valence-electron chi connectivity index (χ4n) is 2.72. The first-order valence-corrected chi connectivity index (χ1v) is 7.94. The highest BCUT2D eigenvalue weighted by Crippen LogP contribution is 2.23. The van der Waals surface area contributed by atoms with Gasteiger partial charge in [-0.15, -0.1) is 0 Å². The number of rotatable bonds is 8. The first-order valence-electron chi connectivity index (χ1n) is 7.94. The van der Waals surface area contributed by atoms with Crippen molar-refractivity contribution in [3.05, 3.63) is 30.0 Å². The molecule has 1 unspecified atom stereocenters. The summed E-state index contributed by atoms with van der Waals surface area (Å²) < 4.78 is 2.06. The van der Waals surface area contributed by atoms with Crippen LogP contribution in [0.2, 0.25) is 0 Å². The topological polar surface area (TPSA) is 60.9 Å². The van der Waals surface area contributed by atoms with Crippen molar-refractivity contribution in [2.45, 2.75) is 58.4 Å². The van der Waals surface area contributed by atoms with Crippen molar-refractivity contribution in [1.29, 1.82) is 0 Å². The summed E-state index contributed by atoms with van der Waals surface area (Å²) in [5.41, 5.74) is 6.79. The molecule has 1 aromatic heterocycles. The summed E-state index contributed by atoms with van der Waals surface area (Å²) in [6, 6.07) is 5.87. The van der Waals surface area contributed by atoms with Gasteiger partial charge in [0.05, 0.1) is 11.6 Å². The molecule has 4 heteroatoms. The van der Waals surface area contributed by atoms with Crippen LogP contribution in [-0.4, -0.2) is 15.7 Å². The van der Waals surface area contributed by atoms with E-state index in [0.29, 0.717) is 11.6 Å². The lowest BCUT2D eigenvalue weighted by Crippen LogP contribution is -2.10. The number of hydrogen-bond acceptors (Lipinski definition) is 2. The maximum absolute atomic E-state index is 11.2. The summed E-state index contributed by atoms with van der Waals surface area (Å²) >= 11 is 0. The number of aromatic nitrogens is 2. The molecule has 4 nitrogen and oxygen atoms in total. The molecule has 0 spiro atoms. The number of nitrogens with two attached hydrogens (primary N) is 1. The highest BCUT2D eigenvalue weighted by molar-refractivity contribution is 5.96. The molecule has 2 rings (SSSR count). The van der Waals surface area contributed by atoms with Crippen molar-refractivity contribution in [3.8, 4) is 0 Å². The van der Waals surface area contributed by atoms with Crippen LogP contribution in [0.1, 0.15) is 68.8 Å². The van der Waals surface area contributed by atoms with Gasteiger partial charge in [-0.2, -0.15) is 5.10 Å². The van der Waals surface area contributed by atoms with E-state index in [1.165, 1.54) is 25.7 Å². The molecule has 114 valence electrons. The van der Waals surface area contributed by atoms with Crippen molar-refractivity contribution in [1.82, 2.24) is 9.78 Å². The molecule has 2 N–H and O–H groups in total. The van der Waals surface area contributed by atoms with Crippen LogP contribution >= 0.6 is 0 Å². The van der Waals surface area contributed by atoms with Crippen LogP contribution in [0.25, 0.3) is 10.9 Å². The molecule has 0 aliphatic heterocycles. The Balaban J connectivity index is 2.14. The van der Waals surface area contributed by atoms with Gasteiger partial charge >= 0.3 is 0 Å². The zero-order valence-electron chi connectivity index (χ0n) is 13.0. The molecule has 0 aliphatic rings. The number of benzene rings is 1. The Labute approximate surface area is 126 Å². The maximum atomic E-state index is 11.2. The minimum atomic E-state index is -0.392. The Bertz CT molecular complexity index is 603. The summed E-state index contributed by atoms with van der Waals surface area (Å²) in [6.07, 6.45) is 9.37. The first kappa shape index (κ1) is 15.5. The fraction of sp³-hybridized carbons (Fsp3) is 0.529. The van der Waals surface area contributed by atoms with E-state index >= 15 is 0 Å². The minimum absolute atomic E-state index is 0.392. The SMILES string of the molecule is CCCCCCC(CC)n1cc2cc(C(N)=O)ccc2n1. The summed E-state index contributed by atoms with van der Waals surface area (Å²) in [6.45, 7) is 4.43. The van der Waals surface area contributed by atoms with Crippen molar-refractivity contribution in [2.24, 2.45) is 5.73 Å². The Kier molecular flexibility index (Phi) is 5.37. The van der Waals surface area contributed by atoms with Crippen LogP contribution < -0.4 is 5.73 Å². The first-order chi connectivity index (χ1) is 10.2. The van der Waals surface area contributed by atoms with Crippen LogP contribution in [0.3, 0.4) is 0 Å². The fourth-order valence-corrected chi connectivity index (χ4v) is 2.72. The molecule has 0 saturated heterocycles. The molecular weight excluding hydrogens is 262 g/mol. The third-order valence-electron chi connectivity index (χ3n) is 4.04. The quantitative estimate of drug-likeness (QED) is 0.744. The number of amides is 1. The number of unbranched alkanes of at least 4 members (excludes halogenated alkanes) is 3. The summed E-state index contributed by atoms with van der Waals surface area (Å²) in [4.78, 5) is 11.2. The van der Waals surface area contributed by atoms with Crippen molar-refractivity contribution in [3.63, 3.8) is 0 Å². The number of nitrogens with zero attached hydrogens (tertiary/aromatic N) is 2. The lowest BCUT2D eigenvalue weighted by atomic mass is 10.1. The zero-order valence-corrected chi connectivity index (χ0v) is 13.0. The molecule has 1 aromatic carbocycles. The van der Waals surface area contributed by atoms with Gasteiger partial charge in [-0.05, 0) is 31.0 Å². The highest BCUT2D eigenvalue weighted by atomic mass is 16.1. The predicted octanol–water partition coefficient (Wildman–Crippen LogP) is 4.06. The number of primary amides is 1. The Morgan fingerprint density at radius 1 is 1.29 bits per heavy atom. The minimum Gasteiger partial charge on any atom is -0.366 e. The second kappa shape index (κ2) is 7.25. The molecule has 0 aliphatic carbocycles. The van der Waals surface area contributed by atoms with Crippen molar-refractivity contribution >= 4 is 16.8 Å². The van der Waals surface area contributed by atoms with Crippen LogP contribution in [0, 0.1) is 0 Å². The standard InChI is InChI=1S/C17H25N3O/c1-3-5-6-7-8-15(4-2)20-12-14-11-13(17(18)21)9-10-16(14)19-20/h9-12,15H,3-8H2,1-2H3,(H2,18,21). The van der Waals surface area contributed by atoms with Crippen LogP contribution in [0.5, 0.6) is 0 Å². The average Bonchev–Trinajstić information content (AvgIpc) is 2.89. The summed E-state index contributed by atoms with van der Waals surface area (Å²) in [5, 5.41) is 5.63. The maximum Gasteiger partial charge on any atom is 0.248 e. The van der Waals surface area contributed by atoms with Gasteiger partial charge in [-0.1, -0.05) is 39.5 Å². The second-order valence-electron chi connectivity index (χ2n) is 5.66. The highest BCUT2D eigenvalue weighted by Gasteiger charge is 2.12. The third-order valence-corrected chi connectivity index (χ3v) is 4.04. The van der Waals surface area contributed by atoms with E-state index < -0.39 is 5.91 Å². The van der Waals surface area contributed by atoms with E-state index in [9.17, 15) is 4.79 Å². The molecule has 1 heterocycles. The van der Waals surface area contributed by atoms with E-state index in [4.69, 9.17) is 5.73 Å². The van der Waals surface area contributed by atoms with E-state index in [1.54, 1.807) is 6.07 Å². The lowest BCUT2D eigenvalue weighted by Gasteiger charge is -2.15. The van der Waals surface area contributed by atoms with E-state index in [-0.39, 0.29) is 0 Å². The third kappa shape index (κ3) is 3.84. The van der Waals surface area contributed by atoms with E-state index in [1.807, 2.05) is 18.3 Å². The van der Waals surface area contributed by atoms with Gasteiger partial charge < -0.3 is 5.73 Å². The molecule has 1 amide bonds. The molecule has 0 radical (unpaired) electrons. The van der Waals surface area contributed by atoms with Crippen LogP contribution in [0.15, 0.2) is 24.4 Å². The largest absolute Gasteiger partial charge is 0.366 e. The Hall–Kier alpha value is -1.84. The van der Waals surface area contributed by atoms with Gasteiger partial charge in [0.25, 0.3) is 0 Å². The smallest absolute Gasteiger partial charge is 0.248 e. The summed E-state index contributed by atoms with van der Waals surface area (Å²) in [5.74, 6) is -0.392. The number of carbonyl (C=O) groups excluding carboxylic acids is 1. The molecule has 0 bridgehead atoms.